The Bertz CT molecular complexity index is 1390. The quantitative estimate of drug-likeness (QED) is 0.304. The molecule has 0 radical (unpaired) electrons. The van der Waals surface area contributed by atoms with E-state index < -0.39 is 11.8 Å². The zero-order chi connectivity index (χ0) is 22.3. The van der Waals surface area contributed by atoms with E-state index in [1.807, 2.05) is 21.3 Å². The van der Waals surface area contributed by atoms with E-state index in [1.165, 1.54) is 0 Å². The van der Waals surface area contributed by atoms with Crippen LogP contribution in [0.4, 0.5) is 11.9 Å². The summed E-state index contributed by atoms with van der Waals surface area (Å²) < 4.78 is 4.31. The van der Waals surface area contributed by atoms with Gasteiger partial charge in [0.2, 0.25) is 23.7 Å². The Kier molecular flexibility index (Phi) is 5.11. The third-order valence-electron chi connectivity index (χ3n) is 4.91. The number of imidazole rings is 2. The van der Waals surface area contributed by atoms with Crippen LogP contribution in [-0.4, -0.2) is 30.9 Å². The summed E-state index contributed by atoms with van der Waals surface area (Å²) in [5.41, 5.74) is 26.2. The molecule has 11 heteroatoms. The van der Waals surface area contributed by atoms with Crippen molar-refractivity contribution in [3.05, 3.63) is 58.1 Å². The Morgan fingerprint density at radius 2 is 1.45 bits per heavy atom. The van der Waals surface area contributed by atoms with Gasteiger partial charge in [0, 0.05) is 28.7 Å². The number of nitrogen functional groups attached to an aromatic ring is 2. The van der Waals surface area contributed by atoms with E-state index in [1.54, 1.807) is 30.3 Å². The van der Waals surface area contributed by atoms with E-state index in [4.69, 9.17) is 22.9 Å². The average Bonchev–Trinajstić information content (AvgIpc) is 3.20. The number of hydrogen-bond donors (Lipinski definition) is 4. The van der Waals surface area contributed by atoms with E-state index in [0.29, 0.717) is 51.6 Å². The van der Waals surface area contributed by atoms with Crippen LogP contribution in [0.5, 0.6) is 0 Å². The van der Waals surface area contributed by atoms with Crippen LogP contribution in [0, 0.1) is 0 Å². The highest BCUT2D eigenvalue weighted by molar-refractivity contribution is 9.10. The lowest BCUT2D eigenvalue weighted by molar-refractivity contribution is 0.0992. The number of nitrogens with zero attached hydrogens (tertiary/aromatic N) is 4. The van der Waals surface area contributed by atoms with Gasteiger partial charge in [0.15, 0.2) is 0 Å². The first kappa shape index (κ1) is 20.4. The second-order valence-electron chi connectivity index (χ2n) is 6.89. The second-order valence-corrected chi connectivity index (χ2v) is 7.74. The first-order valence-corrected chi connectivity index (χ1v) is 10.0. The Balaban J connectivity index is 1.58. The molecular formula is C20H19BrN8O2. The van der Waals surface area contributed by atoms with Crippen molar-refractivity contribution in [1.29, 1.82) is 0 Å². The number of hydrogen-bond acceptors (Lipinski definition) is 6. The topological polar surface area (TPSA) is 174 Å². The van der Waals surface area contributed by atoms with Crippen molar-refractivity contribution in [2.24, 2.45) is 11.5 Å². The molecule has 0 aliphatic heterocycles. The number of carbonyl (C=O) groups is 2. The molecule has 0 saturated carbocycles. The molecule has 0 bridgehead atoms. The molecule has 158 valence electrons. The molecule has 0 aliphatic rings. The SMILES string of the molecule is NC(=O)c1ccc2c(c1)nc(N)n2CC=CCn1c(N)nc2cc(C(N)=O)cc(Br)c21. The fourth-order valence-electron chi connectivity index (χ4n) is 3.42. The van der Waals surface area contributed by atoms with Crippen molar-refractivity contribution in [1.82, 2.24) is 19.1 Å². The molecule has 8 N–H and O–H groups in total. The van der Waals surface area contributed by atoms with Crippen molar-refractivity contribution >= 4 is 61.7 Å². The molecule has 4 aromatic rings. The molecular weight excluding hydrogens is 464 g/mol. The van der Waals surface area contributed by atoms with Gasteiger partial charge in [0.25, 0.3) is 0 Å². The van der Waals surface area contributed by atoms with Crippen molar-refractivity contribution in [3.8, 4) is 0 Å². The molecule has 2 aromatic carbocycles. The van der Waals surface area contributed by atoms with Gasteiger partial charge < -0.3 is 32.1 Å². The maximum absolute atomic E-state index is 11.5. The summed E-state index contributed by atoms with van der Waals surface area (Å²) in [6.07, 6.45) is 3.85. The predicted octanol–water partition coefficient (Wildman–Crippen LogP) is 1.77. The second kappa shape index (κ2) is 7.76. The molecule has 0 aliphatic carbocycles. The van der Waals surface area contributed by atoms with Crippen LogP contribution in [0.25, 0.3) is 22.1 Å². The van der Waals surface area contributed by atoms with Crippen LogP contribution < -0.4 is 22.9 Å². The summed E-state index contributed by atoms with van der Waals surface area (Å²) in [4.78, 5) is 31.4. The minimum atomic E-state index is -0.538. The Morgan fingerprint density at radius 1 is 0.871 bits per heavy atom. The van der Waals surface area contributed by atoms with Gasteiger partial charge in [-0.2, -0.15) is 0 Å². The number of amides is 2. The normalized spacial score (nSPS) is 11.6. The Morgan fingerprint density at radius 3 is 2.13 bits per heavy atom. The first-order valence-electron chi connectivity index (χ1n) is 9.22. The molecule has 2 aromatic heterocycles. The molecule has 2 amide bonds. The molecule has 0 spiro atoms. The molecule has 2 heterocycles. The fourth-order valence-corrected chi connectivity index (χ4v) is 4.08. The van der Waals surface area contributed by atoms with Gasteiger partial charge in [-0.3, -0.25) is 9.59 Å². The smallest absolute Gasteiger partial charge is 0.248 e. The van der Waals surface area contributed by atoms with E-state index in [9.17, 15) is 9.59 Å². The molecule has 31 heavy (non-hydrogen) atoms. The van der Waals surface area contributed by atoms with Crippen molar-refractivity contribution < 1.29 is 9.59 Å². The van der Waals surface area contributed by atoms with Crippen molar-refractivity contribution in [2.45, 2.75) is 13.1 Å². The van der Waals surface area contributed by atoms with Crippen LogP contribution in [0.1, 0.15) is 20.7 Å². The van der Waals surface area contributed by atoms with Crippen LogP contribution in [0.15, 0.2) is 47.0 Å². The Hall–Kier alpha value is -3.86. The van der Waals surface area contributed by atoms with E-state index >= 15 is 0 Å². The van der Waals surface area contributed by atoms with Gasteiger partial charge in [-0.25, -0.2) is 9.97 Å². The average molecular weight is 483 g/mol. The minimum Gasteiger partial charge on any atom is -0.369 e. The van der Waals surface area contributed by atoms with E-state index in [-0.39, 0.29) is 0 Å². The van der Waals surface area contributed by atoms with Crippen LogP contribution >= 0.6 is 15.9 Å². The maximum Gasteiger partial charge on any atom is 0.248 e. The van der Waals surface area contributed by atoms with Gasteiger partial charge in [-0.1, -0.05) is 12.2 Å². The number of rotatable bonds is 6. The molecule has 10 nitrogen and oxygen atoms in total. The highest BCUT2D eigenvalue weighted by Gasteiger charge is 2.14. The summed E-state index contributed by atoms with van der Waals surface area (Å²) in [6.45, 7) is 0.924. The van der Waals surface area contributed by atoms with Gasteiger partial charge in [-0.15, -0.1) is 0 Å². The summed E-state index contributed by atoms with van der Waals surface area (Å²) in [7, 11) is 0. The number of allylic oxidation sites excluding steroid dienone is 2. The molecule has 0 atom stereocenters. The standard InChI is InChI=1S/C20H19BrN8O2/c21-12-7-11(18(23)31)9-14-16(12)29(20(25)27-14)6-2-1-5-28-15-4-3-10(17(22)30)8-13(15)26-19(28)24/h1-4,7-9H,5-6H2,(H2,22,30)(H2,23,31)(H2,24,26)(H2,25,27). The third-order valence-corrected chi connectivity index (χ3v) is 5.52. The molecule has 0 saturated heterocycles. The van der Waals surface area contributed by atoms with Crippen LogP contribution in [0.2, 0.25) is 0 Å². The molecule has 0 unspecified atom stereocenters. The Labute approximate surface area is 184 Å². The third kappa shape index (κ3) is 3.70. The number of anilines is 2. The summed E-state index contributed by atoms with van der Waals surface area (Å²) in [6, 6.07) is 8.27. The number of carbonyl (C=O) groups excluding carboxylic acids is 2. The number of fused-ring (bicyclic) bond motifs is 2. The monoisotopic (exact) mass is 482 g/mol. The van der Waals surface area contributed by atoms with Crippen LogP contribution in [0.3, 0.4) is 0 Å². The first-order chi connectivity index (χ1) is 14.8. The minimum absolute atomic E-state index is 0.313. The fraction of sp³-hybridized carbons (Fsp3) is 0.100. The largest absolute Gasteiger partial charge is 0.369 e. The number of nitrogens with two attached hydrogens (primary N) is 4. The van der Waals surface area contributed by atoms with Gasteiger partial charge in [-0.05, 0) is 46.3 Å². The number of halogens is 1. The lowest BCUT2D eigenvalue weighted by Crippen LogP contribution is -2.10. The maximum atomic E-state index is 11.5. The highest BCUT2D eigenvalue weighted by atomic mass is 79.9. The highest BCUT2D eigenvalue weighted by Crippen LogP contribution is 2.28. The van der Waals surface area contributed by atoms with Crippen LogP contribution in [-0.2, 0) is 13.1 Å². The summed E-state index contributed by atoms with van der Waals surface area (Å²) >= 11 is 3.46. The predicted molar refractivity (Wildman–Crippen MR) is 122 cm³/mol. The summed E-state index contributed by atoms with van der Waals surface area (Å²) in [5, 5.41) is 0. The zero-order valence-electron chi connectivity index (χ0n) is 16.2. The van der Waals surface area contributed by atoms with Gasteiger partial charge >= 0.3 is 0 Å². The number of primary amides is 2. The summed E-state index contributed by atoms with van der Waals surface area (Å²) in [5.74, 6) is -0.415. The van der Waals surface area contributed by atoms with E-state index in [2.05, 4.69) is 25.9 Å². The zero-order valence-corrected chi connectivity index (χ0v) is 17.8. The van der Waals surface area contributed by atoms with Crippen molar-refractivity contribution in [2.75, 3.05) is 11.5 Å². The number of aromatic nitrogens is 4. The number of benzene rings is 2. The van der Waals surface area contributed by atoms with Gasteiger partial charge in [0.05, 0.1) is 22.1 Å². The van der Waals surface area contributed by atoms with Gasteiger partial charge in [0.1, 0.15) is 0 Å². The van der Waals surface area contributed by atoms with E-state index in [0.717, 1.165) is 11.0 Å². The van der Waals surface area contributed by atoms with Crippen molar-refractivity contribution in [3.63, 3.8) is 0 Å². The lowest BCUT2D eigenvalue weighted by atomic mass is 10.2. The lowest BCUT2D eigenvalue weighted by Gasteiger charge is -2.06. The molecule has 4 rings (SSSR count). The molecule has 0 fully saturated rings.